The van der Waals surface area contributed by atoms with Crippen LogP contribution in [-0.4, -0.2) is 15.8 Å². The van der Waals surface area contributed by atoms with E-state index in [1.54, 1.807) is 19.1 Å². The Labute approximate surface area is 101 Å². The van der Waals surface area contributed by atoms with Crippen molar-refractivity contribution in [1.29, 1.82) is 0 Å². The number of rotatable bonds is 3. The zero-order chi connectivity index (χ0) is 12.3. The van der Waals surface area contributed by atoms with Crippen LogP contribution in [0.2, 0.25) is 0 Å². The predicted octanol–water partition coefficient (Wildman–Crippen LogP) is 2.91. The Morgan fingerprint density at radius 1 is 1.12 bits per heavy atom. The van der Waals surface area contributed by atoms with Crippen LogP contribution in [0.3, 0.4) is 0 Å². The molecule has 0 aliphatic rings. The lowest BCUT2D eigenvalue weighted by molar-refractivity contribution is 0.101. The third kappa shape index (κ3) is 2.56. The maximum Gasteiger partial charge on any atom is 0.159 e. The lowest BCUT2D eigenvalue weighted by Gasteiger charge is -2.02. The van der Waals surface area contributed by atoms with Crippen LogP contribution in [0.4, 0.5) is 0 Å². The van der Waals surface area contributed by atoms with Crippen molar-refractivity contribution in [3.05, 3.63) is 47.8 Å². The topological polar surface area (TPSA) is 42.9 Å². The average Bonchev–Trinajstić information content (AvgIpc) is 2.39. The van der Waals surface area contributed by atoms with E-state index in [-0.39, 0.29) is 5.78 Å². The zero-order valence-electron chi connectivity index (χ0n) is 9.97. The van der Waals surface area contributed by atoms with Gasteiger partial charge in [-0.05, 0) is 18.9 Å². The van der Waals surface area contributed by atoms with Crippen molar-refractivity contribution in [2.24, 2.45) is 0 Å². The maximum absolute atomic E-state index is 11.1. The van der Waals surface area contributed by atoms with Crippen LogP contribution in [0.5, 0.6) is 0 Å². The lowest BCUT2D eigenvalue weighted by Crippen LogP contribution is -1.94. The van der Waals surface area contributed by atoms with Crippen molar-refractivity contribution < 1.29 is 4.79 Å². The van der Waals surface area contributed by atoms with Gasteiger partial charge in [0.05, 0.1) is 0 Å². The van der Waals surface area contributed by atoms with Gasteiger partial charge in [0.1, 0.15) is 0 Å². The van der Waals surface area contributed by atoms with Crippen LogP contribution in [0.1, 0.15) is 29.8 Å². The highest BCUT2D eigenvalue weighted by molar-refractivity contribution is 5.94. The van der Waals surface area contributed by atoms with E-state index < -0.39 is 0 Å². The number of ketones is 1. The van der Waals surface area contributed by atoms with Gasteiger partial charge in [0.2, 0.25) is 0 Å². The minimum Gasteiger partial charge on any atom is -0.295 e. The van der Waals surface area contributed by atoms with Gasteiger partial charge in [-0.15, -0.1) is 0 Å². The first-order valence-corrected chi connectivity index (χ1v) is 5.63. The van der Waals surface area contributed by atoms with Gasteiger partial charge >= 0.3 is 0 Å². The summed E-state index contributed by atoms with van der Waals surface area (Å²) in [6, 6.07) is 7.35. The highest BCUT2D eigenvalue weighted by Crippen LogP contribution is 2.15. The van der Waals surface area contributed by atoms with Crippen molar-refractivity contribution in [3.63, 3.8) is 0 Å². The van der Waals surface area contributed by atoms with E-state index >= 15 is 0 Å². The second-order valence-electron chi connectivity index (χ2n) is 3.90. The molecule has 0 saturated heterocycles. The van der Waals surface area contributed by atoms with Gasteiger partial charge in [-0.3, -0.25) is 4.79 Å². The summed E-state index contributed by atoms with van der Waals surface area (Å²) >= 11 is 0. The Morgan fingerprint density at radius 2 is 1.71 bits per heavy atom. The molecule has 0 amide bonds. The minimum atomic E-state index is 0.0683. The van der Waals surface area contributed by atoms with E-state index in [2.05, 4.69) is 16.9 Å². The molecule has 3 heteroatoms. The summed E-state index contributed by atoms with van der Waals surface area (Å²) in [4.78, 5) is 19.7. The van der Waals surface area contributed by atoms with Gasteiger partial charge in [0.15, 0.2) is 11.6 Å². The standard InChI is InChI=1S/C14H14N2O/c1-3-11-8-15-14(16-9-11)13-6-4-12(5-7-13)10(2)17/h4-9H,3H2,1-2H3. The van der Waals surface area contributed by atoms with E-state index in [1.807, 2.05) is 24.5 Å². The largest absolute Gasteiger partial charge is 0.295 e. The van der Waals surface area contributed by atoms with E-state index in [0.29, 0.717) is 11.4 Å². The molecular weight excluding hydrogens is 212 g/mol. The fraction of sp³-hybridized carbons (Fsp3) is 0.214. The van der Waals surface area contributed by atoms with Crippen LogP contribution in [0, 0.1) is 0 Å². The van der Waals surface area contributed by atoms with Gasteiger partial charge in [0, 0.05) is 23.5 Å². The molecule has 1 heterocycles. The molecule has 0 spiro atoms. The summed E-state index contributed by atoms with van der Waals surface area (Å²) < 4.78 is 0. The molecule has 0 atom stereocenters. The predicted molar refractivity (Wildman–Crippen MR) is 66.9 cm³/mol. The number of Topliss-reactive ketones (excluding diaryl/α,β-unsaturated/α-hetero) is 1. The first kappa shape index (κ1) is 11.5. The quantitative estimate of drug-likeness (QED) is 0.756. The minimum absolute atomic E-state index is 0.0683. The molecule has 0 saturated carbocycles. The molecule has 1 aromatic heterocycles. The van der Waals surface area contributed by atoms with Gasteiger partial charge < -0.3 is 0 Å². The summed E-state index contributed by atoms with van der Waals surface area (Å²) in [6.07, 6.45) is 4.60. The first-order valence-electron chi connectivity index (χ1n) is 5.63. The molecule has 86 valence electrons. The monoisotopic (exact) mass is 226 g/mol. The van der Waals surface area contributed by atoms with Crippen molar-refractivity contribution in [3.8, 4) is 11.4 Å². The number of nitrogens with zero attached hydrogens (tertiary/aromatic N) is 2. The smallest absolute Gasteiger partial charge is 0.159 e. The normalized spacial score (nSPS) is 10.2. The molecule has 0 radical (unpaired) electrons. The molecule has 3 nitrogen and oxygen atoms in total. The Hall–Kier alpha value is -2.03. The molecule has 0 aliphatic carbocycles. The molecule has 0 fully saturated rings. The van der Waals surface area contributed by atoms with Crippen molar-refractivity contribution >= 4 is 5.78 Å². The number of benzene rings is 1. The van der Waals surface area contributed by atoms with Gasteiger partial charge in [-0.2, -0.15) is 0 Å². The van der Waals surface area contributed by atoms with Crippen molar-refractivity contribution in [1.82, 2.24) is 9.97 Å². The van der Waals surface area contributed by atoms with E-state index in [4.69, 9.17) is 0 Å². The maximum atomic E-state index is 11.1. The van der Waals surface area contributed by atoms with Gasteiger partial charge in [0.25, 0.3) is 0 Å². The molecule has 0 aliphatic heterocycles. The zero-order valence-corrected chi connectivity index (χ0v) is 9.97. The summed E-state index contributed by atoms with van der Waals surface area (Å²) in [6.45, 7) is 3.63. The number of hydrogen-bond donors (Lipinski definition) is 0. The summed E-state index contributed by atoms with van der Waals surface area (Å²) in [5.41, 5.74) is 2.76. The Bertz CT molecular complexity index is 515. The number of aromatic nitrogens is 2. The highest BCUT2D eigenvalue weighted by atomic mass is 16.1. The molecule has 2 rings (SSSR count). The second-order valence-corrected chi connectivity index (χ2v) is 3.90. The average molecular weight is 226 g/mol. The van der Waals surface area contributed by atoms with Gasteiger partial charge in [-0.25, -0.2) is 9.97 Å². The third-order valence-corrected chi connectivity index (χ3v) is 2.66. The van der Waals surface area contributed by atoms with Crippen LogP contribution in [0.15, 0.2) is 36.7 Å². The Kier molecular flexibility index (Phi) is 3.28. The third-order valence-electron chi connectivity index (χ3n) is 2.66. The second kappa shape index (κ2) is 4.87. The molecule has 0 unspecified atom stereocenters. The molecule has 0 bridgehead atoms. The number of aryl methyl sites for hydroxylation is 1. The Balaban J connectivity index is 2.29. The summed E-state index contributed by atoms with van der Waals surface area (Å²) in [5, 5.41) is 0. The van der Waals surface area contributed by atoms with E-state index in [9.17, 15) is 4.79 Å². The number of carbonyl (C=O) groups is 1. The van der Waals surface area contributed by atoms with Crippen LogP contribution >= 0.6 is 0 Å². The molecular formula is C14H14N2O. The lowest BCUT2D eigenvalue weighted by atomic mass is 10.1. The fourth-order valence-electron chi connectivity index (χ4n) is 1.54. The molecule has 0 N–H and O–H groups in total. The number of carbonyl (C=O) groups excluding carboxylic acids is 1. The summed E-state index contributed by atoms with van der Waals surface area (Å²) in [7, 11) is 0. The van der Waals surface area contributed by atoms with Crippen LogP contribution < -0.4 is 0 Å². The van der Waals surface area contributed by atoms with E-state index in [1.165, 1.54) is 0 Å². The fourth-order valence-corrected chi connectivity index (χ4v) is 1.54. The van der Waals surface area contributed by atoms with Crippen molar-refractivity contribution in [2.45, 2.75) is 20.3 Å². The molecule has 17 heavy (non-hydrogen) atoms. The molecule has 1 aromatic carbocycles. The highest BCUT2D eigenvalue weighted by Gasteiger charge is 2.03. The van der Waals surface area contributed by atoms with E-state index in [0.717, 1.165) is 17.5 Å². The van der Waals surface area contributed by atoms with Crippen LogP contribution in [0.25, 0.3) is 11.4 Å². The van der Waals surface area contributed by atoms with Crippen LogP contribution in [-0.2, 0) is 6.42 Å². The first-order chi connectivity index (χ1) is 8.20. The van der Waals surface area contributed by atoms with Gasteiger partial charge in [-0.1, -0.05) is 31.2 Å². The Morgan fingerprint density at radius 3 is 2.18 bits per heavy atom. The van der Waals surface area contributed by atoms with Crippen molar-refractivity contribution in [2.75, 3.05) is 0 Å². The number of hydrogen-bond acceptors (Lipinski definition) is 3. The summed E-state index contributed by atoms with van der Waals surface area (Å²) in [5.74, 6) is 0.760. The molecule has 2 aromatic rings. The SMILES string of the molecule is CCc1cnc(-c2ccc(C(C)=O)cc2)nc1.